The van der Waals surface area contributed by atoms with Gasteiger partial charge in [-0.25, -0.2) is 0 Å². The first-order valence-corrected chi connectivity index (χ1v) is 6.81. The van der Waals surface area contributed by atoms with E-state index in [1.165, 1.54) is 0 Å². The van der Waals surface area contributed by atoms with Crippen molar-refractivity contribution >= 4 is 5.78 Å². The number of aromatic nitrogens is 1. The van der Waals surface area contributed by atoms with E-state index in [-0.39, 0.29) is 17.6 Å². The summed E-state index contributed by atoms with van der Waals surface area (Å²) < 4.78 is 5.21. The fourth-order valence-electron chi connectivity index (χ4n) is 2.92. The molecule has 2 atom stereocenters. The monoisotopic (exact) mass is 267 g/mol. The van der Waals surface area contributed by atoms with Gasteiger partial charge in [-0.15, -0.1) is 0 Å². The third-order valence-corrected chi connectivity index (χ3v) is 4.19. The van der Waals surface area contributed by atoms with Crippen molar-refractivity contribution in [3.8, 4) is 5.75 Å². The quantitative estimate of drug-likeness (QED) is 0.857. The third kappa shape index (κ3) is 2.09. The molecule has 20 heavy (non-hydrogen) atoms. The first kappa shape index (κ1) is 12.9. The SMILES string of the molecule is COc1ccc2c(c1)C(=O)C(C(C)c1ccncc1)C2. The van der Waals surface area contributed by atoms with E-state index in [9.17, 15) is 4.79 Å². The lowest BCUT2D eigenvalue weighted by Crippen LogP contribution is -2.16. The maximum Gasteiger partial charge on any atom is 0.167 e. The summed E-state index contributed by atoms with van der Waals surface area (Å²) >= 11 is 0. The molecule has 2 unspecified atom stereocenters. The van der Waals surface area contributed by atoms with E-state index in [1.54, 1.807) is 19.5 Å². The number of ether oxygens (including phenoxy) is 1. The van der Waals surface area contributed by atoms with E-state index in [4.69, 9.17) is 4.74 Å². The number of Topliss-reactive ketones (excluding diaryl/α,β-unsaturated/α-hetero) is 1. The van der Waals surface area contributed by atoms with Crippen LogP contribution in [0.25, 0.3) is 0 Å². The Balaban J connectivity index is 1.90. The molecule has 1 heterocycles. The molecule has 0 saturated heterocycles. The summed E-state index contributed by atoms with van der Waals surface area (Å²) in [5.41, 5.74) is 3.11. The fourth-order valence-corrected chi connectivity index (χ4v) is 2.92. The van der Waals surface area contributed by atoms with Gasteiger partial charge in [-0.1, -0.05) is 13.0 Å². The van der Waals surface area contributed by atoms with E-state index in [0.29, 0.717) is 0 Å². The van der Waals surface area contributed by atoms with Crippen molar-refractivity contribution in [1.82, 2.24) is 4.98 Å². The van der Waals surface area contributed by atoms with Crippen LogP contribution in [0.1, 0.15) is 34.3 Å². The Bertz CT molecular complexity index is 637. The smallest absolute Gasteiger partial charge is 0.167 e. The van der Waals surface area contributed by atoms with Gasteiger partial charge in [-0.05, 0) is 47.7 Å². The Labute approximate surface area is 118 Å². The van der Waals surface area contributed by atoms with Crippen LogP contribution >= 0.6 is 0 Å². The van der Waals surface area contributed by atoms with Crippen LogP contribution in [-0.4, -0.2) is 17.9 Å². The van der Waals surface area contributed by atoms with Crippen LogP contribution in [0.15, 0.2) is 42.7 Å². The van der Waals surface area contributed by atoms with Crippen LogP contribution in [-0.2, 0) is 6.42 Å². The number of pyridine rings is 1. The molecule has 0 N–H and O–H groups in total. The summed E-state index contributed by atoms with van der Waals surface area (Å²) in [5.74, 6) is 1.18. The number of fused-ring (bicyclic) bond motifs is 1. The Morgan fingerprint density at radius 3 is 2.70 bits per heavy atom. The van der Waals surface area contributed by atoms with Gasteiger partial charge in [-0.2, -0.15) is 0 Å². The molecule has 0 saturated carbocycles. The molecule has 1 aliphatic rings. The summed E-state index contributed by atoms with van der Waals surface area (Å²) in [7, 11) is 1.62. The standard InChI is InChI=1S/C17H17NO2/c1-11(12-5-7-18-8-6-12)15-9-13-3-4-14(20-2)10-16(13)17(15)19/h3-8,10-11,15H,9H2,1-2H3. The zero-order valence-corrected chi connectivity index (χ0v) is 11.7. The van der Waals surface area contributed by atoms with Gasteiger partial charge in [0.15, 0.2) is 5.78 Å². The topological polar surface area (TPSA) is 39.2 Å². The van der Waals surface area contributed by atoms with E-state index in [2.05, 4.69) is 11.9 Å². The zero-order valence-electron chi connectivity index (χ0n) is 11.7. The van der Waals surface area contributed by atoms with E-state index in [0.717, 1.165) is 28.9 Å². The highest BCUT2D eigenvalue weighted by molar-refractivity contribution is 6.03. The minimum absolute atomic E-state index is 0.0134. The number of hydrogen-bond acceptors (Lipinski definition) is 3. The van der Waals surface area contributed by atoms with Gasteiger partial charge in [0.2, 0.25) is 0 Å². The second kappa shape index (κ2) is 5.08. The summed E-state index contributed by atoms with van der Waals surface area (Å²) in [6.07, 6.45) is 4.37. The number of benzene rings is 1. The van der Waals surface area contributed by atoms with Gasteiger partial charge >= 0.3 is 0 Å². The number of rotatable bonds is 3. The van der Waals surface area contributed by atoms with Crippen LogP contribution in [0.3, 0.4) is 0 Å². The number of carbonyl (C=O) groups excluding carboxylic acids is 1. The second-order valence-corrected chi connectivity index (χ2v) is 5.27. The van der Waals surface area contributed by atoms with Gasteiger partial charge < -0.3 is 4.74 Å². The largest absolute Gasteiger partial charge is 0.497 e. The highest BCUT2D eigenvalue weighted by Crippen LogP contribution is 2.37. The predicted octanol–water partition coefficient (Wildman–Crippen LogP) is 3.25. The molecule has 3 rings (SSSR count). The van der Waals surface area contributed by atoms with Crippen molar-refractivity contribution in [1.29, 1.82) is 0 Å². The van der Waals surface area contributed by atoms with Crippen molar-refractivity contribution in [3.05, 3.63) is 59.4 Å². The number of methoxy groups -OCH3 is 1. The summed E-state index contributed by atoms with van der Waals surface area (Å²) in [5, 5.41) is 0. The number of ketones is 1. The first-order chi connectivity index (χ1) is 9.70. The highest BCUT2D eigenvalue weighted by atomic mass is 16.5. The molecule has 102 valence electrons. The Morgan fingerprint density at radius 1 is 1.25 bits per heavy atom. The molecular weight excluding hydrogens is 250 g/mol. The van der Waals surface area contributed by atoms with Crippen molar-refractivity contribution < 1.29 is 9.53 Å². The molecular formula is C17H17NO2. The lowest BCUT2D eigenvalue weighted by molar-refractivity contribution is 0.0922. The predicted molar refractivity (Wildman–Crippen MR) is 77.2 cm³/mol. The maximum atomic E-state index is 12.6. The molecule has 3 nitrogen and oxygen atoms in total. The number of carbonyl (C=O) groups is 1. The lowest BCUT2D eigenvalue weighted by atomic mass is 9.85. The minimum atomic E-state index is 0.0134. The summed E-state index contributed by atoms with van der Waals surface area (Å²) in [6, 6.07) is 9.76. The third-order valence-electron chi connectivity index (χ3n) is 4.19. The molecule has 1 aromatic carbocycles. The van der Waals surface area contributed by atoms with Crippen LogP contribution in [0, 0.1) is 5.92 Å². The second-order valence-electron chi connectivity index (χ2n) is 5.27. The van der Waals surface area contributed by atoms with Crippen LogP contribution < -0.4 is 4.74 Å². The molecule has 1 aliphatic carbocycles. The zero-order chi connectivity index (χ0) is 14.1. The molecule has 0 radical (unpaired) electrons. The van der Waals surface area contributed by atoms with Gasteiger partial charge in [0.05, 0.1) is 7.11 Å². The number of hydrogen-bond donors (Lipinski definition) is 0. The minimum Gasteiger partial charge on any atom is -0.497 e. The van der Waals surface area contributed by atoms with Crippen LogP contribution in [0.2, 0.25) is 0 Å². The van der Waals surface area contributed by atoms with E-state index in [1.807, 2.05) is 30.3 Å². The van der Waals surface area contributed by atoms with Gasteiger partial charge in [0.25, 0.3) is 0 Å². The molecule has 0 bridgehead atoms. The Hall–Kier alpha value is -2.16. The van der Waals surface area contributed by atoms with Gasteiger partial charge in [-0.3, -0.25) is 9.78 Å². The maximum absolute atomic E-state index is 12.6. The fraction of sp³-hybridized carbons (Fsp3) is 0.294. The Kier molecular flexibility index (Phi) is 3.26. The molecule has 0 spiro atoms. The molecule has 2 aromatic rings. The van der Waals surface area contributed by atoms with Crippen molar-refractivity contribution in [2.45, 2.75) is 19.3 Å². The lowest BCUT2D eigenvalue weighted by Gasteiger charge is -2.17. The average Bonchev–Trinajstić information content (AvgIpc) is 2.84. The van der Waals surface area contributed by atoms with E-state index >= 15 is 0 Å². The normalized spacial score (nSPS) is 18.7. The van der Waals surface area contributed by atoms with Crippen molar-refractivity contribution in [2.75, 3.05) is 7.11 Å². The highest BCUT2D eigenvalue weighted by Gasteiger charge is 2.35. The van der Waals surface area contributed by atoms with Crippen molar-refractivity contribution in [2.24, 2.45) is 5.92 Å². The molecule has 0 amide bonds. The molecule has 0 fully saturated rings. The summed E-state index contributed by atoms with van der Waals surface area (Å²) in [6.45, 7) is 2.11. The molecule has 0 aliphatic heterocycles. The van der Waals surface area contributed by atoms with Crippen LogP contribution in [0.4, 0.5) is 0 Å². The van der Waals surface area contributed by atoms with Gasteiger partial charge in [0, 0.05) is 23.9 Å². The molecule has 1 aromatic heterocycles. The Morgan fingerprint density at radius 2 is 2.00 bits per heavy atom. The average molecular weight is 267 g/mol. The first-order valence-electron chi connectivity index (χ1n) is 6.81. The summed E-state index contributed by atoms with van der Waals surface area (Å²) in [4.78, 5) is 16.6. The van der Waals surface area contributed by atoms with Crippen molar-refractivity contribution in [3.63, 3.8) is 0 Å². The number of nitrogens with zero attached hydrogens (tertiary/aromatic N) is 1. The van der Waals surface area contributed by atoms with Crippen LogP contribution in [0.5, 0.6) is 5.75 Å². The van der Waals surface area contributed by atoms with Gasteiger partial charge in [0.1, 0.15) is 5.75 Å². The molecule has 3 heteroatoms. The van der Waals surface area contributed by atoms with E-state index < -0.39 is 0 Å².